The predicted molar refractivity (Wildman–Crippen MR) is 83.1 cm³/mol. The zero-order valence-corrected chi connectivity index (χ0v) is 12.8. The van der Waals surface area contributed by atoms with Gasteiger partial charge in [-0.05, 0) is 18.2 Å². The summed E-state index contributed by atoms with van der Waals surface area (Å²) >= 11 is 6.05. The second-order valence-electron chi connectivity index (χ2n) is 4.80. The van der Waals surface area contributed by atoms with Crippen molar-refractivity contribution < 1.29 is 14.6 Å². The van der Waals surface area contributed by atoms with E-state index in [4.69, 9.17) is 26.8 Å². The monoisotopic (exact) mass is 319 g/mol. The molecule has 3 N–H and O–H groups in total. The van der Waals surface area contributed by atoms with Gasteiger partial charge < -0.3 is 20.3 Å². The van der Waals surface area contributed by atoms with Gasteiger partial charge in [0.15, 0.2) is 5.60 Å². The van der Waals surface area contributed by atoms with E-state index in [0.717, 1.165) is 0 Å². The van der Waals surface area contributed by atoms with Gasteiger partial charge in [-0.2, -0.15) is 0 Å². The van der Waals surface area contributed by atoms with Gasteiger partial charge in [0, 0.05) is 22.2 Å². The van der Waals surface area contributed by atoms with Crippen molar-refractivity contribution in [2.24, 2.45) is 10.7 Å². The summed E-state index contributed by atoms with van der Waals surface area (Å²) in [6, 6.07) is 6.59. The third kappa shape index (κ3) is 2.00. The maximum absolute atomic E-state index is 11.3. The molecule has 0 spiro atoms. The number of pyridine rings is 1. The number of aromatic nitrogens is 1. The second-order valence-corrected chi connectivity index (χ2v) is 5.23. The highest BCUT2D eigenvalue weighted by Crippen LogP contribution is 2.46. The first kappa shape index (κ1) is 14.6. The number of fused-ring (bicyclic) bond motifs is 1. The normalized spacial score (nSPS) is 19.5. The van der Waals surface area contributed by atoms with Crippen LogP contribution < -0.4 is 15.2 Å². The fourth-order valence-electron chi connectivity index (χ4n) is 2.51. The molecule has 6 nitrogen and oxygen atoms in total. The van der Waals surface area contributed by atoms with E-state index in [1.807, 2.05) is 0 Å². The van der Waals surface area contributed by atoms with Crippen LogP contribution in [-0.4, -0.2) is 30.1 Å². The summed E-state index contributed by atoms with van der Waals surface area (Å²) in [7, 11) is 2.97. The Morgan fingerprint density at radius 3 is 2.64 bits per heavy atom. The van der Waals surface area contributed by atoms with Crippen LogP contribution in [0.2, 0.25) is 5.02 Å². The van der Waals surface area contributed by atoms with Gasteiger partial charge in [0.1, 0.15) is 11.6 Å². The third-order valence-corrected chi connectivity index (χ3v) is 3.86. The summed E-state index contributed by atoms with van der Waals surface area (Å²) in [6.45, 7) is 0. The van der Waals surface area contributed by atoms with Crippen molar-refractivity contribution in [1.82, 2.24) is 4.98 Å². The zero-order valence-electron chi connectivity index (χ0n) is 12.0. The first-order valence-electron chi connectivity index (χ1n) is 6.46. The molecule has 0 amide bonds. The highest BCUT2D eigenvalue weighted by Gasteiger charge is 2.45. The second kappa shape index (κ2) is 5.15. The molecule has 0 aliphatic carbocycles. The Bertz CT molecular complexity index is 779. The van der Waals surface area contributed by atoms with Gasteiger partial charge in [-0.15, -0.1) is 0 Å². The molecular formula is C15H14ClN3O3. The van der Waals surface area contributed by atoms with Gasteiger partial charge in [-0.3, -0.25) is 0 Å². The number of nitrogens with zero attached hydrogens (tertiary/aromatic N) is 2. The van der Waals surface area contributed by atoms with Crippen molar-refractivity contribution >= 4 is 23.1 Å². The van der Waals surface area contributed by atoms with E-state index in [0.29, 0.717) is 33.5 Å². The summed E-state index contributed by atoms with van der Waals surface area (Å²) < 4.78 is 10.4. The molecule has 3 rings (SSSR count). The van der Waals surface area contributed by atoms with Crippen molar-refractivity contribution in [1.29, 1.82) is 0 Å². The number of aliphatic hydroxyl groups is 1. The number of hydrogen-bond donors (Lipinski definition) is 2. The zero-order chi connectivity index (χ0) is 15.9. The fourth-order valence-corrected chi connectivity index (χ4v) is 2.68. The number of hydrogen-bond acceptors (Lipinski definition) is 6. The van der Waals surface area contributed by atoms with Crippen LogP contribution in [0.5, 0.6) is 11.6 Å². The maximum atomic E-state index is 11.3. The molecule has 2 aromatic rings. The van der Waals surface area contributed by atoms with Crippen LogP contribution in [0.1, 0.15) is 11.1 Å². The Morgan fingerprint density at radius 1 is 1.18 bits per heavy atom. The molecule has 1 atom stereocenters. The van der Waals surface area contributed by atoms with Crippen LogP contribution >= 0.6 is 11.6 Å². The lowest BCUT2D eigenvalue weighted by Crippen LogP contribution is -2.40. The van der Waals surface area contributed by atoms with Crippen molar-refractivity contribution in [3.05, 3.63) is 46.6 Å². The summed E-state index contributed by atoms with van der Waals surface area (Å²) in [6.07, 6.45) is 1.46. The van der Waals surface area contributed by atoms with Gasteiger partial charge in [0.05, 0.1) is 26.1 Å². The fraction of sp³-hybridized carbons (Fsp3) is 0.200. The Morgan fingerprint density at radius 2 is 1.95 bits per heavy atom. The van der Waals surface area contributed by atoms with E-state index >= 15 is 0 Å². The minimum Gasteiger partial charge on any atom is -0.495 e. The Hall–Kier alpha value is -2.31. The summed E-state index contributed by atoms with van der Waals surface area (Å²) in [5, 5.41) is 11.7. The number of nitrogens with two attached hydrogens (primary N) is 1. The Balaban J connectivity index is 2.28. The highest BCUT2D eigenvalue weighted by molar-refractivity contribution is 6.30. The van der Waals surface area contributed by atoms with Crippen molar-refractivity contribution in [3.8, 4) is 11.6 Å². The summed E-state index contributed by atoms with van der Waals surface area (Å²) in [4.78, 5) is 8.29. The largest absolute Gasteiger partial charge is 0.495 e. The van der Waals surface area contributed by atoms with E-state index in [1.165, 1.54) is 20.4 Å². The number of benzene rings is 1. The van der Waals surface area contributed by atoms with Crippen LogP contribution in [0.4, 0.5) is 5.69 Å². The molecule has 1 unspecified atom stereocenters. The van der Waals surface area contributed by atoms with E-state index in [9.17, 15) is 5.11 Å². The van der Waals surface area contributed by atoms with Crippen LogP contribution in [0, 0.1) is 0 Å². The van der Waals surface area contributed by atoms with Crippen molar-refractivity contribution in [2.75, 3.05) is 14.2 Å². The van der Waals surface area contributed by atoms with Gasteiger partial charge in [0.25, 0.3) is 0 Å². The Labute approximate surface area is 132 Å². The number of aliphatic imine (C=N–C) groups is 1. The number of amidine groups is 1. The number of methoxy groups -OCH3 is 2. The lowest BCUT2D eigenvalue weighted by molar-refractivity contribution is 0.153. The van der Waals surface area contributed by atoms with E-state index in [-0.39, 0.29) is 5.84 Å². The average molecular weight is 320 g/mol. The molecule has 114 valence electrons. The van der Waals surface area contributed by atoms with Gasteiger partial charge in [-0.1, -0.05) is 11.6 Å². The Kier molecular flexibility index (Phi) is 3.42. The first-order valence-corrected chi connectivity index (χ1v) is 6.84. The average Bonchev–Trinajstić information content (AvgIpc) is 2.79. The molecule has 22 heavy (non-hydrogen) atoms. The minimum atomic E-state index is -1.65. The lowest BCUT2D eigenvalue weighted by Gasteiger charge is -2.26. The molecule has 1 aromatic heterocycles. The minimum absolute atomic E-state index is 0.0383. The molecule has 1 aliphatic heterocycles. The highest BCUT2D eigenvalue weighted by atomic mass is 35.5. The molecular weight excluding hydrogens is 306 g/mol. The topological polar surface area (TPSA) is 90.0 Å². The quantitative estimate of drug-likeness (QED) is 0.903. The molecule has 0 radical (unpaired) electrons. The van der Waals surface area contributed by atoms with Crippen molar-refractivity contribution in [2.45, 2.75) is 5.60 Å². The van der Waals surface area contributed by atoms with E-state index in [1.54, 1.807) is 24.3 Å². The predicted octanol–water partition coefficient (Wildman–Crippen LogP) is 1.99. The van der Waals surface area contributed by atoms with Crippen LogP contribution in [0.15, 0.2) is 35.5 Å². The van der Waals surface area contributed by atoms with Gasteiger partial charge in [0.2, 0.25) is 5.88 Å². The molecule has 0 saturated heterocycles. The molecule has 0 bridgehead atoms. The summed E-state index contributed by atoms with van der Waals surface area (Å²) in [5.74, 6) is 0.734. The summed E-state index contributed by atoms with van der Waals surface area (Å²) in [5.41, 5.74) is 5.79. The van der Waals surface area contributed by atoms with Gasteiger partial charge in [-0.25, -0.2) is 9.98 Å². The number of halogens is 1. The lowest BCUT2D eigenvalue weighted by atomic mass is 9.86. The van der Waals surface area contributed by atoms with E-state index < -0.39 is 5.60 Å². The van der Waals surface area contributed by atoms with Gasteiger partial charge >= 0.3 is 0 Å². The van der Waals surface area contributed by atoms with Crippen molar-refractivity contribution in [3.63, 3.8) is 0 Å². The van der Waals surface area contributed by atoms with Crippen LogP contribution in [0.25, 0.3) is 0 Å². The van der Waals surface area contributed by atoms with Crippen LogP contribution in [0.3, 0.4) is 0 Å². The standard InChI is InChI=1S/C15H14ClN3O3/c1-21-12-7-18-13(22-2)6-10(12)15(20)9-5-8(16)3-4-11(9)19-14(15)17/h3-7,20H,1-2H3,(H2,17,19). The third-order valence-electron chi connectivity index (χ3n) is 3.62. The molecule has 7 heteroatoms. The van der Waals surface area contributed by atoms with E-state index in [2.05, 4.69) is 9.98 Å². The first-order chi connectivity index (χ1) is 10.5. The molecule has 0 saturated carbocycles. The molecule has 1 aromatic carbocycles. The molecule has 2 heterocycles. The number of rotatable bonds is 3. The maximum Gasteiger partial charge on any atom is 0.213 e. The molecule has 1 aliphatic rings. The van der Waals surface area contributed by atoms with Crippen LogP contribution in [-0.2, 0) is 5.60 Å². The molecule has 0 fully saturated rings. The number of ether oxygens (including phenoxy) is 2. The SMILES string of the molecule is COc1cc(C2(O)C(N)=Nc3ccc(Cl)cc32)c(OC)cn1. The smallest absolute Gasteiger partial charge is 0.213 e.